The molecule has 1 heterocycles. The largest absolute Gasteiger partial charge is 0.431 e. The van der Waals surface area contributed by atoms with Gasteiger partial charge in [0.25, 0.3) is 0 Å². The van der Waals surface area contributed by atoms with Crippen LogP contribution in [-0.4, -0.2) is 39.9 Å². The van der Waals surface area contributed by atoms with Gasteiger partial charge in [-0.1, -0.05) is 54.1 Å². The molecular weight excluding hydrogens is 469 g/mol. The Labute approximate surface area is 200 Å². The number of amides is 1. The summed E-state index contributed by atoms with van der Waals surface area (Å²) in [6, 6.07) is 15.0. The summed E-state index contributed by atoms with van der Waals surface area (Å²) in [5, 5.41) is 10.1. The fraction of sp³-hybridized carbons (Fsp3) is 0.320. The Morgan fingerprint density at radius 2 is 1.76 bits per heavy atom. The molecular formula is C25H24ClF3N2O3. The number of rotatable bonds is 6. The molecule has 180 valence electrons. The number of hydrogen-bond acceptors (Lipinski definition) is 3. The van der Waals surface area contributed by atoms with Crippen LogP contribution in [0.2, 0.25) is 5.02 Å². The first kappa shape index (κ1) is 24.2. The second-order valence-electron chi connectivity index (χ2n) is 8.54. The number of nitrogens with zero attached hydrogens (tertiary/aromatic N) is 2. The highest BCUT2D eigenvalue weighted by atomic mass is 35.5. The second kappa shape index (κ2) is 9.00. The number of hydrogen-bond donors (Lipinski definition) is 1. The summed E-state index contributed by atoms with van der Waals surface area (Å²) < 4.78 is 49.6. The van der Waals surface area contributed by atoms with Gasteiger partial charge in [-0.25, -0.2) is 4.79 Å². The van der Waals surface area contributed by atoms with Gasteiger partial charge in [0.05, 0.1) is 18.7 Å². The predicted molar refractivity (Wildman–Crippen MR) is 123 cm³/mol. The van der Waals surface area contributed by atoms with E-state index in [0.717, 1.165) is 4.57 Å². The maximum absolute atomic E-state index is 14.3. The van der Waals surface area contributed by atoms with Crippen molar-refractivity contribution in [2.45, 2.75) is 38.0 Å². The lowest BCUT2D eigenvalue weighted by Crippen LogP contribution is -2.43. The number of carbonyl (C=O) groups is 1. The number of alkyl halides is 3. The molecule has 1 aromatic heterocycles. The van der Waals surface area contributed by atoms with E-state index in [1.165, 1.54) is 18.9 Å². The number of aliphatic hydroxyl groups excluding tert-OH is 1. The van der Waals surface area contributed by atoms with Gasteiger partial charge in [0.2, 0.25) is 5.88 Å². The van der Waals surface area contributed by atoms with E-state index in [4.69, 9.17) is 16.3 Å². The Balaban J connectivity index is 1.89. The van der Waals surface area contributed by atoms with E-state index >= 15 is 0 Å². The molecule has 34 heavy (non-hydrogen) atoms. The Morgan fingerprint density at radius 3 is 2.29 bits per heavy atom. The second-order valence-corrected chi connectivity index (χ2v) is 8.98. The van der Waals surface area contributed by atoms with Crippen LogP contribution in [-0.2, 0) is 12.7 Å². The number of likely N-dealkylation sites (N-methyl/N-ethyl adjacent to an activating group) is 1. The smallest absolute Gasteiger partial charge is 0.394 e. The summed E-state index contributed by atoms with van der Waals surface area (Å²) in [7, 11) is 1.48. The molecule has 4 rings (SSSR count). The zero-order valence-electron chi connectivity index (χ0n) is 18.7. The van der Waals surface area contributed by atoms with E-state index in [9.17, 15) is 23.1 Å². The minimum Gasteiger partial charge on any atom is -0.394 e. The molecule has 0 radical (unpaired) electrons. The lowest BCUT2D eigenvalue weighted by molar-refractivity contribution is -0.144. The van der Waals surface area contributed by atoms with Crippen LogP contribution in [0, 0.1) is 6.92 Å². The van der Waals surface area contributed by atoms with Gasteiger partial charge in [-0.3, -0.25) is 0 Å². The number of carbonyl (C=O) groups excluding carboxylic acids is 1. The SMILES string of the molecule is Cc1c(-c2ccc(Cl)cc2)c(OC(=O)N(C)C2(CO)CC2)n(Cc2ccccc2)c1C(F)(F)F. The Kier molecular flexibility index (Phi) is 6.40. The first-order valence-corrected chi connectivity index (χ1v) is 11.1. The van der Waals surface area contributed by atoms with Gasteiger partial charge < -0.3 is 19.3 Å². The van der Waals surface area contributed by atoms with E-state index in [0.29, 0.717) is 29.0 Å². The van der Waals surface area contributed by atoms with Gasteiger partial charge in [-0.05, 0) is 48.6 Å². The van der Waals surface area contributed by atoms with E-state index in [1.54, 1.807) is 54.6 Å². The maximum atomic E-state index is 14.3. The molecule has 1 fully saturated rings. The molecule has 1 amide bonds. The molecule has 2 aromatic carbocycles. The van der Waals surface area contributed by atoms with Crippen molar-refractivity contribution in [1.29, 1.82) is 0 Å². The standard InChI is InChI=1S/C25H24ClF3N2O3/c1-16-20(18-8-10-19(26)11-9-18)22(34-23(33)30(2)24(15-32)12-13-24)31(21(16)25(27,28)29)14-17-6-4-3-5-7-17/h3-11,32H,12-15H2,1-2H3. The fourth-order valence-corrected chi connectivity index (χ4v) is 4.28. The van der Waals surface area contributed by atoms with Gasteiger partial charge in [0.15, 0.2) is 0 Å². The number of benzene rings is 2. The molecule has 5 nitrogen and oxygen atoms in total. The third-order valence-electron chi connectivity index (χ3n) is 6.33. The number of ether oxygens (including phenoxy) is 1. The molecule has 0 bridgehead atoms. The molecule has 0 aliphatic heterocycles. The quantitative estimate of drug-likeness (QED) is 0.449. The van der Waals surface area contributed by atoms with E-state index in [1.807, 2.05) is 0 Å². The Hall–Kier alpha value is -2.97. The molecule has 1 aliphatic carbocycles. The predicted octanol–water partition coefficient (Wildman–Crippen LogP) is 6.14. The number of halogens is 4. The molecule has 1 N–H and O–H groups in total. The highest BCUT2D eigenvalue weighted by Gasteiger charge is 2.49. The van der Waals surface area contributed by atoms with E-state index < -0.39 is 23.5 Å². The summed E-state index contributed by atoms with van der Waals surface area (Å²) in [4.78, 5) is 14.3. The highest BCUT2D eigenvalue weighted by molar-refractivity contribution is 6.30. The van der Waals surface area contributed by atoms with Gasteiger partial charge >= 0.3 is 12.3 Å². The number of aliphatic hydroxyl groups is 1. The van der Waals surface area contributed by atoms with Crippen LogP contribution in [0.1, 0.15) is 29.7 Å². The van der Waals surface area contributed by atoms with Crippen molar-refractivity contribution in [3.63, 3.8) is 0 Å². The zero-order valence-corrected chi connectivity index (χ0v) is 19.5. The van der Waals surface area contributed by atoms with Crippen molar-refractivity contribution in [1.82, 2.24) is 9.47 Å². The van der Waals surface area contributed by atoms with Crippen LogP contribution in [0.4, 0.5) is 18.0 Å². The zero-order chi connectivity index (χ0) is 24.7. The maximum Gasteiger partial charge on any atom is 0.431 e. The van der Waals surface area contributed by atoms with Crippen LogP contribution in [0.5, 0.6) is 5.88 Å². The van der Waals surface area contributed by atoms with E-state index in [2.05, 4.69) is 0 Å². The molecule has 1 saturated carbocycles. The first-order valence-electron chi connectivity index (χ1n) is 10.7. The topological polar surface area (TPSA) is 54.7 Å². The minimum absolute atomic E-state index is 0.0560. The summed E-state index contributed by atoms with van der Waals surface area (Å²) in [6.07, 6.45) is -4.34. The molecule has 0 saturated heterocycles. The lowest BCUT2D eigenvalue weighted by Gasteiger charge is -2.26. The fourth-order valence-electron chi connectivity index (χ4n) is 4.15. The van der Waals surface area contributed by atoms with Gasteiger partial charge in [0, 0.05) is 17.6 Å². The van der Waals surface area contributed by atoms with Crippen molar-refractivity contribution < 1.29 is 27.8 Å². The minimum atomic E-state index is -4.70. The van der Waals surface area contributed by atoms with Crippen molar-refractivity contribution in [2.24, 2.45) is 0 Å². The van der Waals surface area contributed by atoms with Gasteiger partial charge in [-0.15, -0.1) is 0 Å². The van der Waals surface area contributed by atoms with Gasteiger partial charge in [-0.2, -0.15) is 13.2 Å². The summed E-state index contributed by atoms with van der Waals surface area (Å²) >= 11 is 5.99. The molecule has 0 atom stereocenters. The monoisotopic (exact) mass is 492 g/mol. The van der Waals surface area contributed by atoms with Crippen molar-refractivity contribution >= 4 is 17.7 Å². The summed E-state index contributed by atoms with van der Waals surface area (Å²) in [6.45, 7) is 0.966. The molecule has 3 aromatic rings. The third-order valence-corrected chi connectivity index (χ3v) is 6.59. The highest BCUT2D eigenvalue weighted by Crippen LogP contribution is 2.46. The van der Waals surface area contributed by atoms with Crippen molar-refractivity contribution in [2.75, 3.05) is 13.7 Å². The average Bonchev–Trinajstić information content (AvgIpc) is 3.55. The van der Waals surface area contributed by atoms with E-state index in [-0.39, 0.29) is 30.2 Å². The van der Waals surface area contributed by atoms with Crippen LogP contribution >= 0.6 is 11.6 Å². The Bertz CT molecular complexity index is 1190. The normalized spacial score (nSPS) is 14.7. The summed E-state index contributed by atoms with van der Waals surface area (Å²) in [5.74, 6) is -0.207. The molecule has 0 unspecified atom stereocenters. The van der Waals surface area contributed by atoms with Crippen LogP contribution < -0.4 is 4.74 Å². The van der Waals surface area contributed by atoms with Crippen LogP contribution in [0.15, 0.2) is 54.6 Å². The molecule has 1 aliphatic rings. The number of aromatic nitrogens is 1. The summed E-state index contributed by atoms with van der Waals surface area (Å²) in [5.41, 5.74) is -0.473. The van der Waals surface area contributed by atoms with Crippen molar-refractivity contribution in [3.8, 4) is 17.0 Å². The van der Waals surface area contributed by atoms with Crippen LogP contribution in [0.3, 0.4) is 0 Å². The molecule has 9 heteroatoms. The van der Waals surface area contributed by atoms with Crippen LogP contribution in [0.25, 0.3) is 11.1 Å². The first-order chi connectivity index (χ1) is 16.1. The molecule has 0 spiro atoms. The van der Waals surface area contributed by atoms with Crippen molar-refractivity contribution in [3.05, 3.63) is 76.4 Å². The lowest BCUT2D eigenvalue weighted by atomic mass is 10.0. The van der Waals surface area contributed by atoms with Gasteiger partial charge in [0.1, 0.15) is 5.69 Å². The Morgan fingerprint density at radius 1 is 1.15 bits per heavy atom. The third kappa shape index (κ3) is 4.52. The average molecular weight is 493 g/mol.